The van der Waals surface area contributed by atoms with Crippen LogP contribution in [0.4, 0.5) is 10.1 Å². The van der Waals surface area contributed by atoms with Crippen LogP contribution in [-0.2, 0) is 0 Å². The number of aromatic amines is 2. The maximum atomic E-state index is 15.1. The third-order valence-electron chi connectivity index (χ3n) is 5.81. The number of aliphatic hydroxyl groups is 1. The summed E-state index contributed by atoms with van der Waals surface area (Å²) < 4.78 is 15.1. The van der Waals surface area contributed by atoms with Crippen molar-refractivity contribution >= 4 is 39.1 Å². The van der Waals surface area contributed by atoms with Gasteiger partial charge in [0.1, 0.15) is 28.8 Å². The van der Waals surface area contributed by atoms with E-state index in [0.29, 0.717) is 51.3 Å². The molecule has 0 aliphatic carbocycles. The van der Waals surface area contributed by atoms with E-state index >= 15 is 4.39 Å². The lowest BCUT2D eigenvalue weighted by molar-refractivity contribution is 0.199. The van der Waals surface area contributed by atoms with E-state index in [4.69, 9.17) is 4.98 Å². The highest BCUT2D eigenvalue weighted by Gasteiger charge is 2.19. The fourth-order valence-corrected chi connectivity index (χ4v) is 4.80. The molecule has 0 fully saturated rings. The molecule has 0 saturated heterocycles. The van der Waals surface area contributed by atoms with Gasteiger partial charge in [0.25, 0.3) is 0 Å². The zero-order chi connectivity index (χ0) is 23.9. The second kappa shape index (κ2) is 8.57. The molecule has 174 valence electrons. The average molecular weight is 486 g/mol. The lowest BCUT2D eigenvalue weighted by atomic mass is 10.0. The van der Waals surface area contributed by atoms with Crippen LogP contribution in [0.2, 0.25) is 0 Å². The molecule has 0 amide bonds. The highest BCUT2D eigenvalue weighted by molar-refractivity contribution is 7.13. The highest BCUT2D eigenvalue weighted by Crippen LogP contribution is 2.35. The van der Waals surface area contributed by atoms with Gasteiger partial charge < -0.3 is 15.4 Å². The molecular weight excluding hydrogens is 465 g/mol. The van der Waals surface area contributed by atoms with Gasteiger partial charge in [0, 0.05) is 33.8 Å². The van der Waals surface area contributed by atoms with Gasteiger partial charge in [-0.1, -0.05) is 13.0 Å². The molecule has 1 atom stereocenters. The summed E-state index contributed by atoms with van der Waals surface area (Å²) in [7, 11) is 0. The van der Waals surface area contributed by atoms with E-state index in [-0.39, 0.29) is 0 Å². The Balaban J connectivity index is 1.46. The molecular formula is C25H20FN7OS. The largest absolute Gasteiger partial charge is 0.374 e. The molecule has 0 spiro atoms. The van der Waals surface area contributed by atoms with Crippen LogP contribution in [-0.4, -0.2) is 41.5 Å². The summed E-state index contributed by atoms with van der Waals surface area (Å²) in [5, 5.41) is 22.7. The zero-order valence-corrected chi connectivity index (χ0v) is 19.4. The summed E-state index contributed by atoms with van der Waals surface area (Å²) in [6.07, 6.45) is 4.87. The highest BCUT2D eigenvalue weighted by atomic mass is 32.1. The fraction of sp³-hybridized carbons (Fsp3) is 0.120. The summed E-state index contributed by atoms with van der Waals surface area (Å²) in [5.41, 5.74) is 5.12. The van der Waals surface area contributed by atoms with Crippen LogP contribution in [0.3, 0.4) is 0 Å². The first kappa shape index (κ1) is 21.4. The lowest BCUT2D eigenvalue weighted by Crippen LogP contribution is -2.16. The van der Waals surface area contributed by atoms with Crippen LogP contribution in [0.25, 0.3) is 55.2 Å². The van der Waals surface area contributed by atoms with E-state index in [0.717, 1.165) is 16.0 Å². The van der Waals surface area contributed by atoms with Crippen molar-refractivity contribution in [3.8, 4) is 33.1 Å². The molecule has 5 aromatic heterocycles. The first-order valence-corrected chi connectivity index (χ1v) is 12.0. The number of H-pyrrole nitrogens is 2. The van der Waals surface area contributed by atoms with Crippen molar-refractivity contribution in [2.45, 2.75) is 19.6 Å². The Morgan fingerprint density at radius 1 is 1.17 bits per heavy atom. The predicted octanol–water partition coefficient (Wildman–Crippen LogP) is 5.57. The summed E-state index contributed by atoms with van der Waals surface area (Å²) >= 11 is 1.63. The van der Waals surface area contributed by atoms with Gasteiger partial charge in [-0.05, 0) is 47.7 Å². The number of imidazole rings is 1. The van der Waals surface area contributed by atoms with Crippen molar-refractivity contribution < 1.29 is 9.50 Å². The number of fused-ring (bicyclic) bond motifs is 2. The monoisotopic (exact) mass is 485 g/mol. The molecule has 1 unspecified atom stereocenters. The van der Waals surface area contributed by atoms with Crippen molar-refractivity contribution in [2.24, 2.45) is 0 Å². The molecule has 0 aliphatic heterocycles. The van der Waals surface area contributed by atoms with Crippen molar-refractivity contribution in [1.29, 1.82) is 0 Å². The van der Waals surface area contributed by atoms with Crippen LogP contribution in [0.15, 0.2) is 60.4 Å². The molecule has 35 heavy (non-hydrogen) atoms. The van der Waals surface area contributed by atoms with E-state index in [1.54, 1.807) is 29.9 Å². The van der Waals surface area contributed by atoms with Crippen LogP contribution in [0.5, 0.6) is 0 Å². The second-order valence-corrected chi connectivity index (χ2v) is 9.05. The van der Waals surface area contributed by atoms with Crippen molar-refractivity contribution in [1.82, 2.24) is 30.1 Å². The molecule has 4 N–H and O–H groups in total. The molecule has 0 aliphatic rings. The Hall–Kier alpha value is -4.15. The van der Waals surface area contributed by atoms with Crippen molar-refractivity contribution in [3.05, 3.63) is 66.2 Å². The van der Waals surface area contributed by atoms with E-state index in [1.807, 2.05) is 42.6 Å². The van der Waals surface area contributed by atoms with Gasteiger partial charge in [-0.15, -0.1) is 11.3 Å². The van der Waals surface area contributed by atoms with Gasteiger partial charge >= 0.3 is 0 Å². The number of aromatic nitrogens is 6. The first-order chi connectivity index (χ1) is 17.1. The lowest BCUT2D eigenvalue weighted by Gasteiger charge is -2.12. The summed E-state index contributed by atoms with van der Waals surface area (Å²) in [5.74, 6) is 0.0654. The van der Waals surface area contributed by atoms with Crippen LogP contribution in [0, 0.1) is 5.82 Å². The van der Waals surface area contributed by atoms with Crippen LogP contribution in [0.1, 0.15) is 13.3 Å². The molecule has 1 aromatic carbocycles. The molecule has 5 heterocycles. The average Bonchev–Trinajstić information content (AvgIpc) is 3.63. The number of nitrogens with zero attached hydrogens (tertiary/aromatic N) is 4. The number of hydrogen-bond acceptors (Lipinski definition) is 7. The van der Waals surface area contributed by atoms with Crippen LogP contribution >= 0.6 is 11.3 Å². The molecule has 8 nitrogen and oxygen atoms in total. The van der Waals surface area contributed by atoms with Crippen molar-refractivity contribution in [2.75, 3.05) is 5.32 Å². The Bertz CT molecular complexity index is 1660. The van der Waals surface area contributed by atoms with Crippen molar-refractivity contribution in [3.63, 3.8) is 0 Å². The fourth-order valence-electron chi connectivity index (χ4n) is 4.05. The topological polar surface area (TPSA) is 115 Å². The van der Waals surface area contributed by atoms with Gasteiger partial charge in [-0.2, -0.15) is 5.10 Å². The van der Waals surface area contributed by atoms with E-state index < -0.39 is 12.0 Å². The maximum Gasteiger partial charge on any atom is 0.160 e. The molecule has 6 rings (SSSR count). The maximum absolute atomic E-state index is 15.1. The van der Waals surface area contributed by atoms with Gasteiger partial charge in [-0.3, -0.25) is 10.1 Å². The third kappa shape index (κ3) is 3.82. The number of pyridine rings is 2. The Labute approximate surface area is 202 Å². The minimum atomic E-state index is -0.687. The number of nitrogens with one attached hydrogen (secondary N) is 3. The van der Waals surface area contributed by atoms with E-state index in [2.05, 4.69) is 30.5 Å². The van der Waals surface area contributed by atoms with Crippen LogP contribution < -0.4 is 5.32 Å². The third-order valence-corrected chi connectivity index (χ3v) is 6.72. The van der Waals surface area contributed by atoms with E-state index in [9.17, 15) is 5.11 Å². The Morgan fingerprint density at radius 3 is 2.91 bits per heavy atom. The second-order valence-electron chi connectivity index (χ2n) is 8.10. The molecule has 10 heteroatoms. The predicted molar refractivity (Wildman–Crippen MR) is 135 cm³/mol. The smallest absolute Gasteiger partial charge is 0.160 e. The number of aliphatic hydroxyl groups excluding tert-OH is 1. The number of benzene rings is 1. The van der Waals surface area contributed by atoms with E-state index in [1.165, 1.54) is 6.07 Å². The van der Waals surface area contributed by atoms with Gasteiger partial charge in [-0.25, -0.2) is 14.4 Å². The normalized spacial score (nSPS) is 12.4. The number of anilines is 1. The SMILES string of the molecule is CCC(O)Nc1cncc(-c2cc(F)c3[nH]nc(-c4nc5c(-c6cccs6)ccnc5[nH]4)c3c2)c1. The zero-order valence-electron chi connectivity index (χ0n) is 18.6. The summed E-state index contributed by atoms with van der Waals surface area (Å²) in [6, 6.07) is 11.1. The number of rotatable bonds is 6. The standard InChI is InChI=1S/C25H20FN7OS/c1-2-20(34)29-15-8-14(11-27-12-15)13-9-17-21(18(26)10-13)32-33-23(17)25-30-22-16(19-4-3-7-35-19)5-6-28-24(22)31-25/h3-12,20,29,34H,2H2,1H3,(H,32,33)(H,28,30,31). The minimum Gasteiger partial charge on any atom is -0.374 e. The van der Waals surface area contributed by atoms with Gasteiger partial charge in [0.05, 0.1) is 11.9 Å². The summed E-state index contributed by atoms with van der Waals surface area (Å²) in [4.78, 5) is 17.8. The number of thiophene rings is 1. The molecule has 0 radical (unpaired) electrons. The first-order valence-electron chi connectivity index (χ1n) is 11.1. The molecule has 6 aromatic rings. The Morgan fingerprint density at radius 2 is 2.09 bits per heavy atom. The quantitative estimate of drug-likeness (QED) is 0.229. The molecule has 0 bridgehead atoms. The van der Waals surface area contributed by atoms with Gasteiger partial charge in [0.15, 0.2) is 11.5 Å². The Kier molecular flexibility index (Phi) is 5.24. The number of halogens is 1. The number of hydrogen-bond donors (Lipinski definition) is 4. The summed E-state index contributed by atoms with van der Waals surface area (Å²) in [6.45, 7) is 1.87. The molecule has 0 saturated carbocycles. The van der Waals surface area contributed by atoms with Gasteiger partial charge in [0.2, 0.25) is 0 Å². The minimum absolute atomic E-state index is 0.291.